The molecule has 1 atom stereocenters. The zero-order valence-corrected chi connectivity index (χ0v) is 10.5. The second-order valence-corrected chi connectivity index (χ2v) is 3.90. The van der Waals surface area contributed by atoms with Crippen molar-refractivity contribution >= 4 is 0 Å². The van der Waals surface area contributed by atoms with Gasteiger partial charge in [0.25, 0.3) is 0 Å². The average molecular weight is 251 g/mol. The summed E-state index contributed by atoms with van der Waals surface area (Å²) in [6.45, 7) is 3.52. The van der Waals surface area contributed by atoms with Crippen molar-refractivity contribution in [2.45, 2.75) is 19.4 Å². The van der Waals surface area contributed by atoms with E-state index in [4.69, 9.17) is 13.7 Å². The summed E-state index contributed by atoms with van der Waals surface area (Å²) in [7, 11) is 1.67. The topological polar surface area (TPSA) is 73.3 Å². The molecular weight excluding hydrogens is 234 g/mol. The Morgan fingerprint density at radius 1 is 1.50 bits per heavy atom. The van der Waals surface area contributed by atoms with Gasteiger partial charge in [-0.05, 0) is 18.7 Å². The number of ether oxygens (including phenoxy) is 1. The highest BCUT2D eigenvalue weighted by Gasteiger charge is 2.15. The summed E-state index contributed by atoms with van der Waals surface area (Å²) in [6.07, 6.45) is 2.22. The molecule has 0 saturated heterocycles. The van der Waals surface area contributed by atoms with Crippen LogP contribution in [0.3, 0.4) is 0 Å². The van der Waals surface area contributed by atoms with Gasteiger partial charge in [0.15, 0.2) is 5.76 Å². The summed E-state index contributed by atoms with van der Waals surface area (Å²) in [4.78, 5) is 4.29. The standard InChI is InChI=1S/C12H17N3O3/c1-3-13-9(8-16-2)7-11-14-12(15-18-11)10-5-4-6-17-10/h4-6,9,13H,3,7-8H2,1-2H3. The summed E-state index contributed by atoms with van der Waals surface area (Å²) >= 11 is 0. The number of rotatable bonds is 7. The van der Waals surface area contributed by atoms with E-state index in [2.05, 4.69) is 15.5 Å². The van der Waals surface area contributed by atoms with E-state index in [1.807, 2.05) is 6.92 Å². The van der Waals surface area contributed by atoms with Gasteiger partial charge in [0.1, 0.15) is 0 Å². The minimum atomic E-state index is 0.171. The first kappa shape index (κ1) is 12.8. The molecule has 2 heterocycles. The van der Waals surface area contributed by atoms with E-state index in [-0.39, 0.29) is 6.04 Å². The van der Waals surface area contributed by atoms with Crippen LogP contribution >= 0.6 is 0 Å². The Kier molecular flexibility index (Phi) is 4.49. The second kappa shape index (κ2) is 6.32. The van der Waals surface area contributed by atoms with Gasteiger partial charge in [0.05, 0.1) is 12.9 Å². The highest BCUT2D eigenvalue weighted by molar-refractivity contribution is 5.44. The first-order valence-electron chi connectivity index (χ1n) is 5.92. The molecule has 0 bridgehead atoms. The van der Waals surface area contributed by atoms with Crippen molar-refractivity contribution in [3.05, 3.63) is 24.3 Å². The lowest BCUT2D eigenvalue weighted by molar-refractivity contribution is 0.162. The second-order valence-electron chi connectivity index (χ2n) is 3.90. The maximum absolute atomic E-state index is 5.21. The molecular formula is C12H17N3O3. The molecule has 0 aliphatic rings. The molecule has 0 aromatic carbocycles. The van der Waals surface area contributed by atoms with Crippen LogP contribution in [0.15, 0.2) is 27.3 Å². The normalized spacial score (nSPS) is 12.8. The monoisotopic (exact) mass is 251 g/mol. The summed E-state index contributed by atoms with van der Waals surface area (Å²) in [5, 5.41) is 7.18. The number of hydrogen-bond acceptors (Lipinski definition) is 6. The van der Waals surface area contributed by atoms with Crippen LogP contribution in [0, 0.1) is 0 Å². The van der Waals surface area contributed by atoms with E-state index in [1.54, 1.807) is 25.5 Å². The minimum Gasteiger partial charge on any atom is -0.461 e. The Morgan fingerprint density at radius 2 is 2.39 bits per heavy atom. The molecule has 0 aliphatic heterocycles. The molecule has 18 heavy (non-hydrogen) atoms. The lowest BCUT2D eigenvalue weighted by Crippen LogP contribution is -2.35. The highest BCUT2D eigenvalue weighted by atomic mass is 16.5. The third-order valence-corrected chi connectivity index (χ3v) is 2.49. The molecule has 6 nitrogen and oxygen atoms in total. The predicted octanol–water partition coefficient (Wildman–Crippen LogP) is 1.50. The molecule has 2 aromatic heterocycles. The van der Waals surface area contributed by atoms with E-state index >= 15 is 0 Å². The summed E-state index contributed by atoms with van der Waals surface area (Å²) in [6, 6.07) is 3.76. The molecule has 0 fully saturated rings. The Labute approximate surface area is 105 Å². The van der Waals surface area contributed by atoms with E-state index in [0.29, 0.717) is 30.5 Å². The third kappa shape index (κ3) is 3.18. The number of methoxy groups -OCH3 is 1. The van der Waals surface area contributed by atoms with Crippen LogP contribution in [0.4, 0.5) is 0 Å². The first-order chi connectivity index (χ1) is 8.83. The van der Waals surface area contributed by atoms with Crippen molar-refractivity contribution in [2.75, 3.05) is 20.3 Å². The van der Waals surface area contributed by atoms with Gasteiger partial charge in [0, 0.05) is 19.6 Å². The number of nitrogens with zero attached hydrogens (tertiary/aromatic N) is 2. The van der Waals surface area contributed by atoms with Gasteiger partial charge < -0.3 is 19.0 Å². The van der Waals surface area contributed by atoms with Gasteiger partial charge in [-0.15, -0.1) is 0 Å². The number of likely N-dealkylation sites (N-methyl/N-ethyl adjacent to an activating group) is 1. The maximum Gasteiger partial charge on any atom is 0.238 e. The molecule has 0 amide bonds. The molecule has 98 valence electrons. The quantitative estimate of drug-likeness (QED) is 0.803. The zero-order valence-electron chi connectivity index (χ0n) is 10.5. The first-order valence-corrected chi connectivity index (χ1v) is 5.92. The zero-order chi connectivity index (χ0) is 12.8. The average Bonchev–Trinajstić information content (AvgIpc) is 2.98. The fourth-order valence-electron chi connectivity index (χ4n) is 1.73. The lowest BCUT2D eigenvalue weighted by Gasteiger charge is -2.14. The van der Waals surface area contributed by atoms with E-state index in [9.17, 15) is 0 Å². The SMILES string of the molecule is CCNC(COC)Cc1nc(-c2ccco2)no1. The molecule has 1 N–H and O–H groups in total. The smallest absolute Gasteiger partial charge is 0.238 e. The van der Waals surface area contributed by atoms with Crippen molar-refractivity contribution in [1.82, 2.24) is 15.5 Å². The number of hydrogen-bond donors (Lipinski definition) is 1. The lowest BCUT2D eigenvalue weighted by atomic mass is 10.2. The maximum atomic E-state index is 5.21. The minimum absolute atomic E-state index is 0.171. The number of aromatic nitrogens is 2. The highest BCUT2D eigenvalue weighted by Crippen LogP contribution is 2.16. The Bertz CT molecular complexity index is 447. The molecule has 2 aromatic rings. The largest absolute Gasteiger partial charge is 0.461 e. The van der Waals surface area contributed by atoms with Crippen LogP contribution in [0.5, 0.6) is 0 Å². The fraction of sp³-hybridized carbons (Fsp3) is 0.500. The van der Waals surface area contributed by atoms with Crippen LogP contribution in [0.1, 0.15) is 12.8 Å². The van der Waals surface area contributed by atoms with Crippen molar-refractivity contribution < 1.29 is 13.7 Å². The summed E-state index contributed by atoms with van der Waals surface area (Å²) in [5.74, 6) is 1.66. The van der Waals surface area contributed by atoms with Gasteiger partial charge in [-0.25, -0.2) is 0 Å². The van der Waals surface area contributed by atoms with Crippen molar-refractivity contribution in [2.24, 2.45) is 0 Å². The van der Waals surface area contributed by atoms with Gasteiger partial charge >= 0.3 is 0 Å². The van der Waals surface area contributed by atoms with Gasteiger partial charge in [-0.2, -0.15) is 4.98 Å². The molecule has 0 radical (unpaired) electrons. The van der Waals surface area contributed by atoms with Gasteiger partial charge in [-0.1, -0.05) is 12.1 Å². The predicted molar refractivity (Wildman–Crippen MR) is 65.0 cm³/mol. The Hall–Kier alpha value is -1.66. The van der Waals surface area contributed by atoms with Gasteiger partial charge in [-0.3, -0.25) is 0 Å². The van der Waals surface area contributed by atoms with Crippen LogP contribution in [-0.4, -0.2) is 36.4 Å². The van der Waals surface area contributed by atoms with Crippen LogP contribution < -0.4 is 5.32 Å². The Morgan fingerprint density at radius 3 is 3.06 bits per heavy atom. The molecule has 0 saturated carbocycles. The van der Waals surface area contributed by atoms with E-state index in [1.165, 1.54) is 0 Å². The number of nitrogens with one attached hydrogen (secondary N) is 1. The Balaban J connectivity index is 2.01. The molecule has 0 spiro atoms. The van der Waals surface area contributed by atoms with Crippen LogP contribution in [0.25, 0.3) is 11.6 Å². The number of furan rings is 1. The molecule has 6 heteroatoms. The fourth-order valence-corrected chi connectivity index (χ4v) is 1.73. The van der Waals surface area contributed by atoms with E-state index in [0.717, 1.165) is 6.54 Å². The molecule has 2 rings (SSSR count). The summed E-state index contributed by atoms with van der Waals surface area (Å²) in [5.41, 5.74) is 0. The summed E-state index contributed by atoms with van der Waals surface area (Å²) < 4.78 is 15.5. The van der Waals surface area contributed by atoms with Crippen molar-refractivity contribution in [3.63, 3.8) is 0 Å². The van der Waals surface area contributed by atoms with Crippen LogP contribution in [0.2, 0.25) is 0 Å². The van der Waals surface area contributed by atoms with Crippen molar-refractivity contribution in [1.29, 1.82) is 0 Å². The third-order valence-electron chi connectivity index (χ3n) is 2.49. The van der Waals surface area contributed by atoms with E-state index < -0.39 is 0 Å². The van der Waals surface area contributed by atoms with Crippen LogP contribution in [-0.2, 0) is 11.2 Å². The van der Waals surface area contributed by atoms with Gasteiger partial charge in [0.2, 0.25) is 11.7 Å². The molecule has 0 aliphatic carbocycles. The van der Waals surface area contributed by atoms with Crippen molar-refractivity contribution in [3.8, 4) is 11.6 Å². The molecule has 1 unspecified atom stereocenters.